The van der Waals surface area contributed by atoms with Crippen LogP contribution in [0.1, 0.15) is 77.8 Å². The molecule has 0 saturated carbocycles. The molecule has 162 valence electrons. The Kier molecular flexibility index (Phi) is 6.16. The van der Waals surface area contributed by atoms with E-state index in [0.29, 0.717) is 29.7 Å². The summed E-state index contributed by atoms with van der Waals surface area (Å²) in [5, 5.41) is 3.93. The molecule has 1 saturated heterocycles. The van der Waals surface area contributed by atoms with Gasteiger partial charge in [-0.05, 0) is 56.2 Å². The molecule has 4 nitrogen and oxygen atoms in total. The zero-order chi connectivity index (χ0) is 21.1. The third-order valence-corrected chi connectivity index (χ3v) is 6.20. The molecule has 2 aliphatic rings. The summed E-state index contributed by atoms with van der Waals surface area (Å²) in [7, 11) is 0. The SMILES string of the molecule is O=C(c1ccc(Cn2nc(C(F)(F)F)c3c2CCCC3)cc1)N1CCCCCCC1. The third-order valence-electron chi connectivity index (χ3n) is 6.20. The Bertz CT molecular complexity index is 878. The summed E-state index contributed by atoms with van der Waals surface area (Å²) in [5.41, 5.74) is 1.81. The Morgan fingerprint density at radius 2 is 1.53 bits per heavy atom. The fourth-order valence-electron chi connectivity index (χ4n) is 4.59. The molecule has 4 rings (SSSR count). The molecule has 1 aromatic heterocycles. The second-order valence-electron chi connectivity index (χ2n) is 8.39. The normalized spacial score (nSPS) is 17.9. The summed E-state index contributed by atoms with van der Waals surface area (Å²) in [6, 6.07) is 7.25. The average molecular weight is 419 g/mol. The zero-order valence-corrected chi connectivity index (χ0v) is 17.2. The van der Waals surface area contributed by atoms with E-state index < -0.39 is 11.9 Å². The number of fused-ring (bicyclic) bond motifs is 1. The maximum Gasteiger partial charge on any atom is 0.435 e. The van der Waals surface area contributed by atoms with Gasteiger partial charge in [-0.15, -0.1) is 0 Å². The zero-order valence-electron chi connectivity index (χ0n) is 17.2. The Balaban J connectivity index is 1.50. The van der Waals surface area contributed by atoms with Gasteiger partial charge in [0.05, 0.1) is 6.54 Å². The number of hydrogen-bond acceptors (Lipinski definition) is 2. The Morgan fingerprint density at radius 3 is 2.20 bits per heavy atom. The lowest BCUT2D eigenvalue weighted by Crippen LogP contribution is -2.33. The topological polar surface area (TPSA) is 38.1 Å². The number of halogens is 3. The summed E-state index contributed by atoms with van der Waals surface area (Å²) in [5.74, 6) is 0.0410. The second kappa shape index (κ2) is 8.82. The molecular formula is C23H28F3N3O. The maximum atomic E-state index is 13.4. The van der Waals surface area contributed by atoms with Gasteiger partial charge in [-0.1, -0.05) is 31.4 Å². The molecule has 2 heterocycles. The van der Waals surface area contributed by atoms with Crippen LogP contribution >= 0.6 is 0 Å². The number of hydrogen-bond donors (Lipinski definition) is 0. The van der Waals surface area contributed by atoms with Crippen molar-refractivity contribution < 1.29 is 18.0 Å². The predicted octanol–water partition coefficient (Wildman–Crippen LogP) is 5.24. The molecule has 1 aliphatic carbocycles. The van der Waals surface area contributed by atoms with Gasteiger partial charge in [-0.25, -0.2) is 0 Å². The van der Waals surface area contributed by atoms with E-state index in [0.717, 1.165) is 57.2 Å². The van der Waals surface area contributed by atoms with Crippen LogP contribution in [0.2, 0.25) is 0 Å². The van der Waals surface area contributed by atoms with E-state index in [1.807, 2.05) is 17.0 Å². The number of likely N-dealkylation sites (tertiary alicyclic amines) is 1. The first-order valence-electron chi connectivity index (χ1n) is 11.0. The number of aromatic nitrogens is 2. The van der Waals surface area contributed by atoms with E-state index in [1.165, 1.54) is 11.1 Å². The lowest BCUT2D eigenvalue weighted by molar-refractivity contribution is -0.142. The van der Waals surface area contributed by atoms with Gasteiger partial charge in [0.25, 0.3) is 5.91 Å². The van der Waals surface area contributed by atoms with Gasteiger partial charge in [0.15, 0.2) is 5.69 Å². The fourth-order valence-corrected chi connectivity index (χ4v) is 4.59. The number of benzene rings is 1. The van der Waals surface area contributed by atoms with Crippen molar-refractivity contribution in [2.75, 3.05) is 13.1 Å². The van der Waals surface area contributed by atoms with Crippen LogP contribution in [0.5, 0.6) is 0 Å². The van der Waals surface area contributed by atoms with Crippen LogP contribution in [-0.2, 0) is 25.6 Å². The minimum absolute atomic E-state index is 0.0410. The summed E-state index contributed by atoms with van der Waals surface area (Å²) < 4.78 is 41.7. The molecule has 2 aromatic rings. The predicted molar refractivity (Wildman–Crippen MR) is 108 cm³/mol. The van der Waals surface area contributed by atoms with Crippen molar-refractivity contribution in [1.82, 2.24) is 14.7 Å². The monoisotopic (exact) mass is 419 g/mol. The first-order chi connectivity index (χ1) is 14.4. The maximum absolute atomic E-state index is 13.4. The molecule has 0 unspecified atom stereocenters. The van der Waals surface area contributed by atoms with E-state index in [2.05, 4.69) is 5.10 Å². The fraction of sp³-hybridized carbons (Fsp3) is 0.565. The van der Waals surface area contributed by atoms with Gasteiger partial charge >= 0.3 is 6.18 Å². The Hall–Kier alpha value is -2.31. The average Bonchev–Trinajstić information content (AvgIpc) is 3.07. The number of carbonyl (C=O) groups is 1. The lowest BCUT2D eigenvalue weighted by Gasteiger charge is -2.25. The van der Waals surface area contributed by atoms with Gasteiger partial charge in [0.2, 0.25) is 0 Å². The van der Waals surface area contributed by atoms with Crippen molar-refractivity contribution in [3.05, 3.63) is 52.3 Å². The van der Waals surface area contributed by atoms with Gasteiger partial charge in [-0.2, -0.15) is 18.3 Å². The van der Waals surface area contributed by atoms with Crippen LogP contribution in [0.3, 0.4) is 0 Å². The Morgan fingerprint density at radius 1 is 0.900 bits per heavy atom. The van der Waals surface area contributed by atoms with E-state index in [-0.39, 0.29) is 12.5 Å². The standard InChI is InChI=1S/C23H28F3N3O/c24-23(25,26)21-19-8-4-5-9-20(19)29(27-21)16-17-10-12-18(13-11-17)22(30)28-14-6-2-1-3-7-15-28/h10-13H,1-9,14-16H2. The molecular weight excluding hydrogens is 391 g/mol. The van der Waals surface area contributed by atoms with Crippen molar-refractivity contribution in [2.45, 2.75) is 70.5 Å². The van der Waals surface area contributed by atoms with Crippen LogP contribution in [0.15, 0.2) is 24.3 Å². The van der Waals surface area contributed by atoms with Crippen molar-refractivity contribution >= 4 is 5.91 Å². The first kappa shape index (κ1) is 20.9. The van der Waals surface area contributed by atoms with Crippen molar-refractivity contribution in [2.24, 2.45) is 0 Å². The highest BCUT2D eigenvalue weighted by atomic mass is 19.4. The van der Waals surface area contributed by atoms with Gasteiger partial charge in [-0.3, -0.25) is 9.48 Å². The Labute approximate surface area is 175 Å². The molecule has 0 atom stereocenters. The number of rotatable bonds is 3. The molecule has 0 spiro atoms. The van der Waals surface area contributed by atoms with Crippen LogP contribution in [0, 0.1) is 0 Å². The van der Waals surface area contributed by atoms with Gasteiger partial charge in [0.1, 0.15) is 0 Å². The quantitative estimate of drug-likeness (QED) is 0.683. The van der Waals surface area contributed by atoms with Crippen LogP contribution in [0.4, 0.5) is 13.2 Å². The molecule has 30 heavy (non-hydrogen) atoms. The summed E-state index contributed by atoms with van der Waals surface area (Å²) in [6.07, 6.45) is 3.95. The number of carbonyl (C=O) groups excluding carboxylic acids is 1. The highest BCUT2D eigenvalue weighted by Gasteiger charge is 2.39. The number of amides is 1. The van der Waals surface area contributed by atoms with Crippen molar-refractivity contribution in [3.8, 4) is 0 Å². The van der Waals surface area contributed by atoms with E-state index in [4.69, 9.17) is 0 Å². The molecule has 1 aliphatic heterocycles. The second-order valence-corrected chi connectivity index (χ2v) is 8.39. The van der Waals surface area contributed by atoms with E-state index >= 15 is 0 Å². The largest absolute Gasteiger partial charge is 0.435 e. The lowest BCUT2D eigenvalue weighted by atomic mass is 9.95. The smallest absolute Gasteiger partial charge is 0.339 e. The number of nitrogens with zero attached hydrogens (tertiary/aromatic N) is 3. The first-order valence-corrected chi connectivity index (χ1v) is 11.0. The summed E-state index contributed by atoms with van der Waals surface area (Å²) in [4.78, 5) is 14.7. The van der Waals surface area contributed by atoms with Crippen molar-refractivity contribution in [3.63, 3.8) is 0 Å². The molecule has 1 aromatic carbocycles. The minimum atomic E-state index is -4.42. The van der Waals surface area contributed by atoms with Gasteiger partial charge in [0, 0.05) is 29.9 Å². The molecule has 1 amide bonds. The van der Waals surface area contributed by atoms with Crippen LogP contribution < -0.4 is 0 Å². The molecule has 7 heteroatoms. The number of alkyl halides is 3. The van der Waals surface area contributed by atoms with Crippen LogP contribution in [-0.4, -0.2) is 33.7 Å². The van der Waals surface area contributed by atoms with Crippen molar-refractivity contribution in [1.29, 1.82) is 0 Å². The summed E-state index contributed by atoms with van der Waals surface area (Å²) >= 11 is 0. The van der Waals surface area contributed by atoms with E-state index in [1.54, 1.807) is 12.1 Å². The minimum Gasteiger partial charge on any atom is -0.339 e. The third kappa shape index (κ3) is 4.55. The molecule has 0 bridgehead atoms. The molecule has 0 radical (unpaired) electrons. The molecule has 1 fully saturated rings. The van der Waals surface area contributed by atoms with Crippen LogP contribution in [0.25, 0.3) is 0 Å². The highest BCUT2D eigenvalue weighted by molar-refractivity contribution is 5.94. The summed E-state index contributed by atoms with van der Waals surface area (Å²) in [6.45, 7) is 1.87. The van der Waals surface area contributed by atoms with E-state index in [9.17, 15) is 18.0 Å². The highest BCUT2D eigenvalue weighted by Crippen LogP contribution is 2.36. The van der Waals surface area contributed by atoms with Gasteiger partial charge < -0.3 is 4.90 Å². The molecule has 0 N–H and O–H groups in total.